The Kier molecular flexibility index (Phi) is 4.15. The minimum Gasteiger partial charge on any atom is -0.493 e. The fourth-order valence-electron chi connectivity index (χ4n) is 2.31. The maximum absolute atomic E-state index is 11.8. The van der Waals surface area contributed by atoms with Crippen molar-refractivity contribution in [1.29, 1.82) is 0 Å². The number of hydrogen-bond donors (Lipinski definition) is 1. The number of carbonyl (C=O) groups is 2. The largest absolute Gasteiger partial charge is 0.493 e. The van der Waals surface area contributed by atoms with E-state index in [9.17, 15) is 9.59 Å². The van der Waals surface area contributed by atoms with Crippen molar-refractivity contribution in [3.05, 3.63) is 46.9 Å². The highest BCUT2D eigenvalue weighted by molar-refractivity contribution is 8.18. The van der Waals surface area contributed by atoms with Gasteiger partial charge in [-0.05, 0) is 41.1 Å². The second-order valence-corrected chi connectivity index (χ2v) is 5.91. The normalized spacial score (nSPS) is 16.3. The number of benzene rings is 2. The Balaban J connectivity index is 2.14. The first-order chi connectivity index (χ1) is 10.7. The highest BCUT2D eigenvalue weighted by Gasteiger charge is 2.25. The third-order valence-electron chi connectivity index (χ3n) is 3.31. The molecule has 1 saturated heterocycles. The molecule has 0 saturated carbocycles. The predicted octanol–water partition coefficient (Wildman–Crippen LogP) is 3.95. The van der Waals surface area contributed by atoms with Crippen LogP contribution in [0.25, 0.3) is 16.8 Å². The predicted molar refractivity (Wildman–Crippen MR) is 88.8 cm³/mol. The van der Waals surface area contributed by atoms with Crippen molar-refractivity contribution >= 4 is 39.8 Å². The van der Waals surface area contributed by atoms with Crippen molar-refractivity contribution in [3.8, 4) is 5.75 Å². The molecule has 0 unspecified atom stereocenters. The van der Waals surface area contributed by atoms with Crippen LogP contribution in [0.4, 0.5) is 4.79 Å². The number of nitrogens with one attached hydrogen (secondary N) is 1. The topological polar surface area (TPSA) is 55.4 Å². The smallest absolute Gasteiger partial charge is 0.290 e. The molecule has 0 aliphatic carbocycles. The Morgan fingerprint density at radius 2 is 2.00 bits per heavy atom. The van der Waals surface area contributed by atoms with Crippen LogP contribution >= 0.6 is 11.8 Å². The summed E-state index contributed by atoms with van der Waals surface area (Å²) in [4.78, 5) is 23.5. The molecule has 1 aliphatic rings. The molecule has 1 N–H and O–H groups in total. The molecule has 0 bridgehead atoms. The van der Waals surface area contributed by atoms with Gasteiger partial charge in [-0.1, -0.05) is 37.3 Å². The van der Waals surface area contributed by atoms with Crippen LogP contribution in [0.2, 0.25) is 0 Å². The van der Waals surface area contributed by atoms with Crippen LogP contribution in [-0.2, 0) is 4.79 Å². The van der Waals surface area contributed by atoms with Gasteiger partial charge in [0.25, 0.3) is 11.1 Å². The summed E-state index contributed by atoms with van der Waals surface area (Å²) >= 11 is 0.916. The molecule has 5 heteroatoms. The van der Waals surface area contributed by atoms with Gasteiger partial charge in [-0.15, -0.1) is 0 Å². The molecule has 2 amide bonds. The molecular formula is C17H15NO3S. The van der Waals surface area contributed by atoms with Crippen LogP contribution < -0.4 is 10.1 Å². The third kappa shape index (κ3) is 2.85. The van der Waals surface area contributed by atoms with Crippen LogP contribution in [0.1, 0.15) is 18.9 Å². The number of imide groups is 1. The summed E-state index contributed by atoms with van der Waals surface area (Å²) in [6, 6.07) is 11.8. The summed E-state index contributed by atoms with van der Waals surface area (Å²) in [5.74, 6) is 0.366. The Morgan fingerprint density at radius 1 is 1.18 bits per heavy atom. The summed E-state index contributed by atoms with van der Waals surface area (Å²) < 4.78 is 5.80. The van der Waals surface area contributed by atoms with Crippen molar-refractivity contribution in [2.75, 3.05) is 6.61 Å². The Bertz CT molecular complexity index is 783. The molecule has 0 aromatic heterocycles. The van der Waals surface area contributed by atoms with Gasteiger partial charge in [0.05, 0.1) is 11.5 Å². The van der Waals surface area contributed by atoms with Gasteiger partial charge in [0.1, 0.15) is 5.75 Å². The molecule has 22 heavy (non-hydrogen) atoms. The molecule has 1 heterocycles. The zero-order valence-corrected chi connectivity index (χ0v) is 12.9. The summed E-state index contributed by atoms with van der Waals surface area (Å²) in [5, 5.41) is 3.99. The van der Waals surface area contributed by atoms with Crippen molar-refractivity contribution in [1.82, 2.24) is 5.32 Å². The summed E-state index contributed by atoms with van der Waals surface area (Å²) in [6.07, 6.45) is 2.63. The number of rotatable bonds is 4. The highest BCUT2D eigenvalue weighted by Crippen LogP contribution is 2.34. The standard InChI is InChI=1S/C17H15NO3S/c1-2-9-21-14-8-7-11-5-3-4-6-12(11)13(14)10-15-16(19)18-17(20)22-15/h3-8,10H,2,9H2,1H3,(H,18,19,20). The van der Waals surface area contributed by atoms with E-state index >= 15 is 0 Å². The van der Waals surface area contributed by atoms with Crippen molar-refractivity contribution < 1.29 is 14.3 Å². The van der Waals surface area contributed by atoms with E-state index in [1.807, 2.05) is 43.3 Å². The Labute approximate surface area is 132 Å². The molecule has 112 valence electrons. The maximum atomic E-state index is 11.8. The lowest BCUT2D eigenvalue weighted by atomic mass is 10.0. The van der Waals surface area contributed by atoms with Crippen LogP contribution in [0.15, 0.2) is 41.3 Å². The van der Waals surface area contributed by atoms with E-state index in [0.29, 0.717) is 11.5 Å². The molecule has 4 nitrogen and oxygen atoms in total. The average molecular weight is 313 g/mol. The van der Waals surface area contributed by atoms with Crippen LogP contribution in [0, 0.1) is 0 Å². The quantitative estimate of drug-likeness (QED) is 0.868. The second-order valence-electron chi connectivity index (χ2n) is 4.90. The van der Waals surface area contributed by atoms with Gasteiger partial charge in [-0.2, -0.15) is 0 Å². The number of hydrogen-bond acceptors (Lipinski definition) is 4. The minimum absolute atomic E-state index is 0.340. The molecule has 1 fully saturated rings. The Hall–Kier alpha value is -2.27. The lowest BCUT2D eigenvalue weighted by Crippen LogP contribution is -2.17. The van der Waals surface area contributed by atoms with E-state index in [2.05, 4.69) is 5.32 Å². The van der Waals surface area contributed by atoms with Gasteiger partial charge < -0.3 is 4.74 Å². The van der Waals surface area contributed by atoms with Gasteiger partial charge in [-0.25, -0.2) is 0 Å². The number of carbonyl (C=O) groups excluding carboxylic acids is 2. The summed E-state index contributed by atoms with van der Waals surface area (Å²) in [7, 11) is 0. The van der Waals surface area contributed by atoms with Gasteiger partial charge in [0.15, 0.2) is 0 Å². The van der Waals surface area contributed by atoms with Crippen molar-refractivity contribution in [3.63, 3.8) is 0 Å². The molecule has 0 spiro atoms. The monoisotopic (exact) mass is 313 g/mol. The van der Waals surface area contributed by atoms with E-state index in [4.69, 9.17) is 4.74 Å². The van der Waals surface area contributed by atoms with E-state index in [1.165, 1.54) is 0 Å². The average Bonchev–Trinajstić information content (AvgIpc) is 2.84. The minimum atomic E-state index is -0.357. The molecule has 0 atom stereocenters. The van der Waals surface area contributed by atoms with Gasteiger partial charge in [0.2, 0.25) is 0 Å². The number of ether oxygens (including phenoxy) is 1. The van der Waals surface area contributed by atoms with Gasteiger partial charge in [0, 0.05) is 5.56 Å². The van der Waals surface area contributed by atoms with E-state index in [1.54, 1.807) is 6.08 Å². The fraction of sp³-hybridized carbons (Fsp3) is 0.176. The molecular weight excluding hydrogens is 298 g/mol. The van der Waals surface area contributed by atoms with E-state index in [-0.39, 0.29) is 11.1 Å². The number of amides is 2. The maximum Gasteiger partial charge on any atom is 0.290 e. The molecule has 2 aromatic rings. The zero-order chi connectivity index (χ0) is 15.5. The first-order valence-corrected chi connectivity index (χ1v) is 7.90. The van der Waals surface area contributed by atoms with Crippen LogP contribution in [-0.4, -0.2) is 17.8 Å². The van der Waals surface area contributed by atoms with E-state index in [0.717, 1.165) is 40.3 Å². The van der Waals surface area contributed by atoms with Gasteiger partial charge in [-0.3, -0.25) is 14.9 Å². The second kappa shape index (κ2) is 6.23. The fourth-order valence-corrected chi connectivity index (χ4v) is 2.98. The molecule has 0 radical (unpaired) electrons. The molecule has 1 aliphatic heterocycles. The third-order valence-corrected chi connectivity index (χ3v) is 4.12. The Morgan fingerprint density at radius 3 is 2.73 bits per heavy atom. The summed E-state index contributed by atoms with van der Waals surface area (Å²) in [6.45, 7) is 2.64. The van der Waals surface area contributed by atoms with Crippen LogP contribution in [0.3, 0.4) is 0 Å². The van der Waals surface area contributed by atoms with Crippen molar-refractivity contribution in [2.24, 2.45) is 0 Å². The first kappa shape index (κ1) is 14.7. The lowest BCUT2D eigenvalue weighted by Gasteiger charge is -2.11. The lowest BCUT2D eigenvalue weighted by molar-refractivity contribution is -0.115. The first-order valence-electron chi connectivity index (χ1n) is 7.08. The van der Waals surface area contributed by atoms with Crippen LogP contribution in [0.5, 0.6) is 5.75 Å². The number of fused-ring (bicyclic) bond motifs is 1. The summed E-state index contributed by atoms with van der Waals surface area (Å²) in [5.41, 5.74) is 0.832. The van der Waals surface area contributed by atoms with Crippen molar-refractivity contribution in [2.45, 2.75) is 13.3 Å². The molecule has 3 rings (SSSR count). The van der Waals surface area contributed by atoms with Gasteiger partial charge >= 0.3 is 0 Å². The molecule has 2 aromatic carbocycles. The highest BCUT2D eigenvalue weighted by atomic mass is 32.2. The number of thioether (sulfide) groups is 1. The zero-order valence-electron chi connectivity index (χ0n) is 12.1. The SMILES string of the molecule is CCCOc1ccc2ccccc2c1C=C1SC(=O)NC1=O. The van der Waals surface area contributed by atoms with E-state index < -0.39 is 0 Å².